The summed E-state index contributed by atoms with van der Waals surface area (Å²) in [6, 6.07) is 11.9. The number of likely N-dealkylation sites (N-methyl/N-ethyl adjacent to an activating group) is 1. The molecule has 2 aromatic carbocycles. The number of fused-ring (bicyclic) bond motifs is 1. The van der Waals surface area contributed by atoms with E-state index in [0.717, 1.165) is 67.9 Å². The van der Waals surface area contributed by atoms with Gasteiger partial charge >= 0.3 is 0 Å². The maximum Gasteiger partial charge on any atom is 0.231 e. The average molecular weight is 531 g/mol. The van der Waals surface area contributed by atoms with Gasteiger partial charge in [0.1, 0.15) is 0 Å². The van der Waals surface area contributed by atoms with Crippen molar-refractivity contribution in [1.82, 2.24) is 9.88 Å². The monoisotopic (exact) mass is 529 g/mol. The second-order valence-electron chi connectivity index (χ2n) is 7.95. The lowest BCUT2D eigenvalue weighted by atomic mass is 10.0. The molecule has 164 valence electrons. The molecule has 2 aliphatic heterocycles. The van der Waals surface area contributed by atoms with Crippen molar-refractivity contribution in [2.45, 2.75) is 6.42 Å². The molecule has 1 fully saturated rings. The molecule has 6 nitrogen and oxygen atoms in total. The minimum Gasteiger partial charge on any atom is -0.492 e. The summed E-state index contributed by atoms with van der Waals surface area (Å²) in [5.41, 5.74) is 3.06. The lowest BCUT2D eigenvalue weighted by Gasteiger charge is -2.31. The van der Waals surface area contributed by atoms with Gasteiger partial charge in [-0.3, -0.25) is 0 Å². The van der Waals surface area contributed by atoms with E-state index in [2.05, 4.69) is 54.0 Å². The fourth-order valence-corrected chi connectivity index (χ4v) is 5.79. The van der Waals surface area contributed by atoms with Gasteiger partial charge in [0.05, 0.1) is 16.4 Å². The zero-order chi connectivity index (χ0) is 22.2. The number of benzene rings is 2. The third-order valence-electron chi connectivity index (χ3n) is 5.77. The van der Waals surface area contributed by atoms with Gasteiger partial charge in [0.25, 0.3) is 0 Å². The van der Waals surface area contributed by atoms with E-state index in [1.54, 1.807) is 17.6 Å². The van der Waals surface area contributed by atoms with Gasteiger partial charge in [-0.2, -0.15) is 15.2 Å². The highest BCUT2D eigenvalue weighted by Crippen LogP contribution is 2.37. The quantitative estimate of drug-likeness (QED) is 0.561. The molecular formula is C23H21BrClN5OS. The smallest absolute Gasteiger partial charge is 0.231 e. The van der Waals surface area contributed by atoms with Gasteiger partial charge in [-0.05, 0) is 47.7 Å². The van der Waals surface area contributed by atoms with Gasteiger partial charge in [0.15, 0.2) is 5.13 Å². The van der Waals surface area contributed by atoms with Gasteiger partial charge in [-0.1, -0.05) is 51.0 Å². The average Bonchev–Trinajstić information content (AvgIpc) is 3.40. The highest BCUT2D eigenvalue weighted by atomic mass is 79.9. The van der Waals surface area contributed by atoms with E-state index >= 15 is 0 Å². The van der Waals surface area contributed by atoms with Crippen molar-refractivity contribution < 1.29 is 5.11 Å². The Balaban J connectivity index is 1.62. The number of halogens is 2. The third kappa shape index (κ3) is 4.32. The van der Waals surface area contributed by atoms with Crippen LogP contribution in [-0.4, -0.2) is 54.4 Å². The fraction of sp³-hybridized carbons (Fsp3) is 0.261. The van der Waals surface area contributed by atoms with Crippen LogP contribution in [0.5, 0.6) is 5.88 Å². The number of aromatic nitrogens is 1. The second-order valence-corrected chi connectivity index (χ2v) is 10.2. The molecule has 0 bridgehead atoms. The predicted octanol–water partition coefficient (Wildman–Crippen LogP) is 3.43. The van der Waals surface area contributed by atoms with Gasteiger partial charge in [0, 0.05) is 47.7 Å². The van der Waals surface area contributed by atoms with E-state index in [1.165, 1.54) is 0 Å². The Hall–Kier alpha value is -2.26. The summed E-state index contributed by atoms with van der Waals surface area (Å²) in [6.45, 7) is 3.77. The Bertz CT molecular complexity index is 1330. The molecule has 0 saturated carbocycles. The molecule has 0 atom stereocenters. The summed E-state index contributed by atoms with van der Waals surface area (Å²) < 4.78 is 0.934. The third-order valence-corrected chi connectivity index (χ3v) is 7.90. The Morgan fingerprint density at radius 1 is 1.16 bits per heavy atom. The van der Waals surface area contributed by atoms with Crippen molar-refractivity contribution in [3.63, 3.8) is 0 Å². The summed E-state index contributed by atoms with van der Waals surface area (Å²) in [5.74, 6) is 0.0721. The van der Waals surface area contributed by atoms with Crippen LogP contribution in [0.4, 0.5) is 5.13 Å². The number of hydrogen-bond acceptors (Lipinski definition) is 7. The van der Waals surface area contributed by atoms with Crippen LogP contribution in [0.3, 0.4) is 0 Å². The van der Waals surface area contributed by atoms with Crippen molar-refractivity contribution in [2.75, 3.05) is 38.1 Å². The first-order valence-electron chi connectivity index (χ1n) is 10.3. The number of anilines is 1. The number of hydrogen-bond donors (Lipinski definition) is 1. The zero-order valence-electron chi connectivity index (χ0n) is 17.4. The summed E-state index contributed by atoms with van der Waals surface area (Å²) in [5, 5.41) is 22.5. The molecular weight excluding hydrogens is 510 g/mol. The Morgan fingerprint density at radius 2 is 1.97 bits per heavy atom. The molecule has 0 amide bonds. The summed E-state index contributed by atoms with van der Waals surface area (Å²) in [7, 11) is 2.13. The number of thiazole rings is 1. The highest BCUT2D eigenvalue weighted by molar-refractivity contribution is 9.10. The van der Waals surface area contributed by atoms with E-state index in [4.69, 9.17) is 11.6 Å². The molecule has 0 spiro atoms. The number of aromatic hydroxyl groups is 1. The van der Waals surface area contributed by atoms with Crippen molar-refractivity contribution in [3.05, 3.63) is 72.5 Å². The fourth-order valence-electron chi connectivity index (χ4n) is 3.89. The minimum atomic E-state index is 0.0721. The molecule has 32 heavy (non-hydrogen) atoms. The molecule has 3 heterocycles. The standard InChI is InChI=1S/C23H21BrClN5OS/c1-29-6-8-30(9-7-29)23-27-22(31)21(32-23)18(11-15-2-4-17(25)12-19(15)24)14-3-5-20-16(10-14)13-26-28-20/h2-5,10,12-13,31H,6-9,11H2,1H3. The van der Waals surface area contributed by atoms with Crippen LogP contribution in [0.1, 0.15) is 16.0 Å². The molecule has 2 aliphatic rings. The molecule has 3 aromatic rings. The van der Waals surface area contributed by atoms with Crippen LogP contribution in [0.2, 0.25) is 5.02 Å². The summed E-state index contributed by atoms with van der Waals surface area (Å²) in [4.78, 5) is 9.88. The van der Waals surface area contributed by atoms with Gasteiger partial charge in [-0.25, -0.2) is 0 Å². The Kier molecular flexibility index (Phi) is 6.03. The Labute approximate surface area is 203 Å². The lowest BCUT2D eigenvalue weighted by molar-refractivity contribution is 0.312. The normalized spacial score (nSPS) is 16.8. The van der Waals surface area contributed by atoms with Crippen LogP contribution in [0.15, 0.2) is 51.1 Å². The SMILES string of the molecule is CN1CCN(c2nc(O)c(C(Cc3ccc(Cl)cc3Br)=c3ccc4c(c3)C=NN=4)s2)CC1. The molecule has 1 N–H and O–H groups in total. The highest BCUT2D eigenvalue weighted by Gasteiger charge is 2.22. The van der Waals surface area contributed by atoms with Crippen LogP contribution in [-0.2, 0) is 6.42 Å². The summed E-state index contributed by atoms with van der Waals surface area (Å²) >= 11 is 11.3. The molecule has 0 aliphatic carbocycles. The minimum absolute atomic E-state index is 0.0721. The maximum atomic E-state index is 10.9. The van der Waals surface area contributed by atoms with Crippen LogP contribution in [0, 0.1) is 0 Å². The van der Waals surface area contributed by atoms with E-state index in [1.807, 2.05) is 30.3 Å². The first kappa shape index (κ1) is 21.6. The van der Waals surface area contributed by atoms with Gasteiger partial charge in [-0.15, -0.1) is 0 Å². The number of piperazine rings is 1. The molecule has 9 heteroatoms. The number of nitrogens with zero attached hydrogens (tertiary/aromatic N) is 5. The van der Waals surface area contributed by atoms with Crippen LogP contribution >= 0.6 is 38.9 Å². The molecule has 1 aromatic heterocycles. The van der Waals surface area contributed by atoms with Crippen LogP contribution < -0.4 is 15.5 Å². The van der Waals surface area contributed by atoms with E-state index in [-0.39, 0.29) is 5.88 Å². The lowest BCUT2D eigenvalue weighted by Crippen LogP contribution is -2.44. The van der Waals surface area contributed by atoms with Gasteiger partial charge < -0.3 is 14.9 Å². The Morgan fingerprint density at radius 3 is 2.75 bits per heavy atom. The summed E-state index contributed by atoms with van der Waals surface area (Å²) in [6.07, 6.45) is 2.37. The molecule has 1 saturated heterocycles. The first-order valence-corrected chi connectivity index (χ1v) is 12.3. The van der Waals surface area contributed by atoms with Crippen molar-refractivity contribution >= 4 is 55.8 Å². The largest absolute Gasteiger partial charge is 0.492 e. The van der Waals surface area contributed by atoms with Crippen LogP contribution in [0.25, 0.3) is 5.57 Å². The topological polar surface area (TPSA) is 64.3 Å². The van der Waals surface area contributed by atoms with Gasteiger partial charge in [0.2, 0.25) is 5.88 Å². The number of rotatable bonds is 4. The van der Waals surface area contributed by atoms with Crippen molar-refractivity contribution in [3.8, 4) is 5.88 Å². The van der Waals surface area contributed by atoms with E-state index < -0.39 is 0 Å². The first-order chi connectivity index (χ1) is 15.5. The molecule has 0 unspecified atom stereocenters. The second kappa shape index (κ2) is 8.94. The predicted molar refractivity (Wildman–Crippen MR) is 134 cm³/mol. The maximum absolute atomic E-state index is 10.9. The van der Waals surface area contributed by atoms with Crippen molar-refractivity contribution in [1.29, 1.82) is 0 Å². The van der Waals surface area contributed by atoms with Crippen molar-refractivity contribution in [2.24, 2.45) is 10.2 Å². The van der Waals surface area contributed by atoms with E-state index in [9.17, 15) is 5.11 Å². The van der Waals surface area contributed by atoms with E-state index in [0.29, 0.717) is 11.4 Å². The zero-order valence-corrected chi connectivity index (χ0v) is 20.6. The molecule has 0 radical (unpaired) electrons. The molecule has 5 rings (SSSR count).